The van der Waals surface area contributed by atoms with E-state index >= 15 is 0 Å². The second-order valence-corrected chi connectivity index (χ2v) is 8.06. The van der Waals surface area contributed by atoms with Crippen molar-refractivity contribution in [3.8, 4) is 0 Å². The lowest BCUT2D eigenvalue weighted by Gasteiger charge is -2.25. The van der Waals surface area contributed by atoms with Crippen molar-refractivity contribution in [2.75, 3.05) is 0 Å². The summed E-state index contributed by atoms with van der Waals surface area (Å²) in [4.78, 5) is 23.8. The van der Waals surface area contributed by atoms with Crippen LogP contribution in [-0.2, 0) is 35.4 Å². The van der Waals surface area contributed by atoms with Gasteiger partial charge < -0.3 is 15.0 Å². The van der Waals surface area contributed by atoms with Crippen molar-refractivity contribution in [3.05, 3.63) is 70.7 Å². The number of fused-ring (bicyclic) bond motifs is 3. The minimum absolute atomic E-state index is 0.00501. The van der Waals surface area contributed by atoms with Crippen molar-refractivity contribution >= 4 is 22.8 Å². The number of carbonyl (C=O) groups excluding carboxylic acids is 1. The van der Waals surface area contributed by atoms with Gasteiger partial charge in [-0.3, -0.25) is 9.59 Å². The summed E-state index contributed by atoms with van der Waals surface area (Å²) in [6.07, 6.45) is 3.08. The summed E-state index contributed by atoms with van der Waals surface area (Å²) in [5, 5.41) is 13.1. The Bertz CT molecular complexity index is 1120. The Balaban J connectivity index is 1.49. The fourth-order valence-electron chi connectivity index (χ4n) is 4.49. The van der Waals surface area contributed by atoms with E-state index in [0.717, 1.165) is 34.1 Å². The minimum atomic E-state index is -0.925. The summed E-state index contributed by atoms with van der Waals surface area (Å²) in [5.74, 6) is -1.27. The Labute approximate surface area is 174 Å². The van der Waals surface area contributed by atoms with Gasteiger partial charge in [-0.25, -0.2) is 4.39 Å². The van der Waals surface area contributed by atoms with Gasteiger partial charge in [-0.1, -0.05) is 29.8 Å². The molecule has 0 spiro atoms. The number of amides is 1. The summed E-state index contributed by atoms with van der Waals surface area (Å²) in [5.41, 5.74) is 4.93. The van der Waals surface area contributed by atoms with Gasteiger partial charge in [0, 0.05) is 29.1 Å². The molecule has 0 saturated heterocycles. The van der Waals surface area contributed by atoms with Crippen LogP contribution >= 0.6 is 0 Å². The van der Waals surface area contributed by atoms with Crippen LogP contribution in [0.2, 0.25) is 0 Å². The summed E-state index contributed by atoms with van der Waals surface area (Å²) < 4.78 is 15.6. The lowest BCUT2D eigenvalue weighted by atomic mass is 9.91. The topological polar surface area (TPSA) is 71.3 Å². The number of aromatic nitrogens is 1. The number of hydrogen-bond donors (Lipinski definition) is 2. The molecule has 2 aromatic carbocycles. The number of nitrogens with zero attached hydrogens (tertiary/aromatic N) is 1. The minimum Gasteiger partial charge on any atom is -0.480 e. The van der Waals surface area contributed by atoms with Gasteiger partial charge in [-0.05, 0) is 61.9 Å². The molecule has 0 radical (unpaired) electrons. The molecule has 0 bridgehead atoms. The summed E-state index contributed by atoms with van der Waals surface area (Å²) in [6.45, 7) is 1.89. The molecule has 30 heavy (non-hydrogen) atoms. The molecule has 5 nitrogen and oxygen atoms in total. The first-order valence-electron chi connectivity index (χ1n) is 10.3. The quantitative estimate of drug-likeness (QED) is 0.652. The SMILES string of the molecule is Cc1cccc(CCC(=O)N[C@@H]2CCc3c(c4cc(F)ccc4n3CC(=O)O)C2)c1. The zero-order chi connectivity index (χ0) is 21.3. The predicted octanol–water partition coefficient (Wildman–Crippen LogP) is 3.78. The first-order chi connectivity index (χ1) is 14.4. The fraction of sp³-hybridized carbons (Fsp3) is 0.333. The maximum absolute atomic E-state index is 13.9. The summed E-state index contributed by atoms with van der Waals surface area (Å²) in [6, 6.07) is 12.6. The number of hydrogen-bond acceptors (Lipinski definition) is 2. The molecule has 156 valence electrons. The van der Waals surface area contributed by atoms with E-state index in [0.29, 0.717) is 25.7 Å². The Morgan fingerprint density at radius 3 is 2.83 bits per heavy atom. The summed E-state index contributed by atoms with van der Waals surface area (Å²) >= 11 is 0. The van der Waals surface area contributed by atoms with Gasteiger partial charge in [0.2, 0.25) is 5.91 Å². The molecule has 1 atom stereocenters. The molecule has 1 aromatic heterocycles. The van der Waals surface area contributed by atoms with E-state index in [-0.39, 0.29) is 24.3 Å². The smallest absolute Gasteiger partial charge is 0.323 e. The number of nitrogens with one attached hydrogen (secondary N) is 1. The molecule has 0 aliphatic heterocycles. The van der Waals surface area contributed by atoms with Crippen LogP contribution in [0.3, 0.4) is 0 Å². The highest BCUT2D eigenvalue weighted by atomic mass is 19.1. The number of benzene rings is 2. The zero-order valence-electron chi connectivity index (χ0n) is 17.0. The van der Waals surface area contributed by atoms with Gasteiger partial charge in [0.05, 0.1) is 0 Å². The van der Waals surface area contributed by atoms with E-state index in [1.54, 1.807) is 10.6 Å². The second-order valence-electron chi connectivity index (χ2n) is 8.06. The number of aryl methyl sites for hydroxylation is 2. The van der Waals surface area contributed by atoms with E-state index in [1.165, 1.54) is 17.7 Å². The third kappa shape index (κ3) is 4.22. The van der Waals surface area contributed by atoms with Crippen molar-refractivity contribution in [1.82, 2.24) is 9.88 Å². The molecule has 6 heteroatoms. The highest BCUT2D eigenvalue weighted by molar-refractivity contribution is 5.87. The highest BCUT2D eigenvalue weighted by Gasteiger charge is 2.27. The number of carboxylic acid groups (broad SMARTS) is 1. The molecule has 0 unspecified atom stereocenters. The van der Waals surface area contributed by atoms with Crippen LogP contribution in [0.25, 0.3) is 10.9 Å². The fourth-order valence-corrected chi connectivity index (χ4v) is 4.49. The Hall–Kier alpha value is -3.15. The predicted molar refractivity (Wildman–Crippen MR) is 113 cm³/mol. The first kappa shape index (κ1) is 20.1. The second kappa shape index (κ2) is 8.30. The van der Waals surface area contributed by atoms with E-state index in [4.69, 9.17) is 0 Å². The maximum Gasteiger partial charge on any atom is 0.323 e. The molecule has 4 rings (SSSR count). The van der Waals surface area contributed by atoms with E-state index < -0.39 is 5.97 Å². The van der Waals surface area contributed by atoms with Crippen molar-refractivity contribution in [2.45, 2.75) is 51.6 Å². The van der Waals surface area contributed by atoms with E-state index in [1.807, 2.05) is 25.1 Å². The normalized spacial score (nSPS) is 15.7. The standard InChI is InChI=1S/C24H25FN2O3/c1-15-3-2-4-16(11-15)5-10-23(28)26-18-7-9-22-20(13-18)19-12-17(25)6-8-21(19)27(22)14-24(29)30/h2-4,6,8,11-12,18H,5,7,9-10,13-14H2,1H3,(H,26,28)(H,29,30)/t18-/m1/s1. The molecular formula is C24H25FN2O3. The van der Waals surface area contributed by atoms with E-state index in [2.05, 4.69) is 11.4 Å². The van der Waals surface area contributed by atoms with Crippen LogP contribution in [-0.4, -0.2) is 27.6 Å². The molecule has 1 aliphatic rings. The number of halogens is 1. The third-order valence-corrected chi connectivity index (χ3v) is 5.81. The van der Waals surface area contributed by atoms with Gasteiger partial charge in [0.1, 0.15) is 12.4 Å². The molecule has 0 saturated carbocycles. The van der Waals surface area contributed by atoms with Crippen LogP contribution in [0.5, 0.6) is 0 Å². The number of aliphatic carboxylic acids is 1. The Morgan fingerprint density at radius 2 is 2.07 bits per heavy atom. The molecule has 3 aromatic rings. The Kier molecular flexibility index (Phi) is 5.57. The van der Waals surface area contributed by atoms with Gasteiger partial charge >= 0.3 is 5.97 Å². The monoisotopic (exact) mass is 408 g/mol. The maximum atomic E-state index is 13.9. The number of carboxylic acids is 1. The highest BCUT2D eigenvalue weighted by Crippen LogP contribution is 2.33. The van der Waals surface area contributed by atoms with Crippen LogP contribution in [0, 0.1) is 12.7 Å². The van der Waals surface area contributed by atoms with Crippen LogP contribution in [0.1, 0.15) is 35.2 Å². The van der Waals surface area contributed by atoms with Gasteiger partial charge in [-0.2, -0.15) is 0 Å². The molecule has 1 heterocycles. The van der Waals surface area contributed by atoms with Crippen LogP contribution in [0.4, 0.5) is 4.39 Å². The lowest BCUT2D eigenvalue weighted by Crippen LogP contribution is -2.39. The van der Waals surface area contributed by atoms with Gasteiger partial charge in [0.25, 0.3) is 0 Å². The molecule has 1 aliphatic carbocycles. The third-order valence-electron chi connectivity index (χ3n) is 5.81. The van der Waals surface area contributed by atoms with Crippen LogP contribution < -0.4 is 5.32 Å². The van der Waals surface area contributed by atoms with Crippen molar-refractivity contribution in [3.63, 3.8) is 0 Å². The molecule has 1 amide bonds. The molecule has 2 N–H and O–H groups in total. The van der Waals surface area contributed by atoms with Crippen molar-refractivity contribution < 1.29 is 19.1 Å². The first-order valence-corrected chi connectivity index (χ1v) is 10.3. The van der Waals surface area contributed by atoms with Gasteiger partial charge in [-0.15, -0.1) is 0 Å². The average molecular weight is 408 g/mol. The number of carbonyl (C=O) groups is 2. The van der Waals surface area contributed by atoms with Gasteiger partial charge in [0.15, 0.2) is 0 Å². The molecular weight excluding hydrogens is 383 g/mol. The van der Waals surface area contributed by atoms with E-state index in [9.17, 15) is 19.1 Å². The average Bonchev–Trinajstić information content (AvgIpc) is 2.98. The zero-order valence-corrected chi connectivity index (χ0v) is 17.0. The van der Waals surface area contributed by atoms with Crippen LogP contribution in [0.15, 0.2) is 42.5 Å². The molecule has 0 fully saturated rings. The summed E-state index contributed by atoms with van der Waals surface area (Å²) in [7, 11) is 0. The largest absolute Gasteiger partial charge is 0.480 e. The van der Waals surface area contributed by atoms with Crippen molar-refractivity contribution in [1.29, 1.82) is 0 Å². The lowest BCUT2D eigenvalue weighted by molar-refractivity contribution is -0.137. The van der Waals surface area contributed by atoms with Crippen molar-refractivity contribution in [2.24, 2.45) is 0 Å². The number of rotatable bonds is 6. The Morgan fingerprint density at radius 1 is 1.23 bits per heavy atom.